The lowest BCUT2D eigenvalue weighted by molar-refractivity contribution is 0.446. The summed E-state index contributed by atoms with van der Waals surface area (Å²) < 4.78 is 10.7. The van der Waals surface area contributed by atoms with Crippen molar-refractivity contribution in [1.29, 1.82) is 0 Å². The van der Waals surface area contributed by atoms with Crippen LogP contribution in [0.1, 0.15) is 101 Å². The Kier molecular flexibility index (Phi) is 9.33. The minimum atomic E-state index is -0.200. The molecule has 0 spiro atoms. The van der Waals surface area contributed by atoms with Gasteiger partial charge in [-0.3, -0.25) is 37.0 Å². The van der Waals surface area contributed by atoms with Crippen LogP contribution in [0.25, 0.3) is 35.2 Å². The maximum Gasteiger partial charge on any atom is 0.257 e. The summed E-state index contributed by atoms with van der Waals surface area (Å²) in [4.78, 5) is 60.0. The molecule has 2 aliphatic carbocycles. The third-order valence-electron chi connectivity index (χ3n) is 13.7. The van der Waals surface area contributed by atoms with Gasteiger partial charge < -0.3 is 9.80 Å². The van der Waals surface area contributed by atoms with Gasteiger partial charge in [0.05, 0.1) is 24.5 Å². The first-order chi connectivity index (χ1) is 32.0. The molecule has 0 radical (unpaired) electrons. The first-order valence-corrected chi connectivity index (χ1v) is 22.6. The van der Waals surface area contributed by atoms with Gasteiger partial charge in [-0.1, -0.05) is 38.8 Å². The summed E-state index contributed by atoms with van der Waals surface area (Å²) in [7, 11) is 0. The molecule has 2 aliphatic heterocycles. The second kappa shape index (κ2) is 15.6. The van der Waals surface area contributed by atoms with E-state index < -0.39 is 0 Å². The number of hydrogen-bond donors (Lipinski definition) is 0. The summed E-state index contributed by atoms with van der Waals surface area (Å²) >= 11 is 0. The fourth-order valence-electron chi connectivity index (χ4n) is 10.8. The first-order valence-electron chi connectivity index (χ1n) is 22.6. The van der Waals surface area contributed by atoms with Crippen molar-refractivity contribution in [3.63, 3.8) is 0 Å². The molecule has 0 saturated heterocycles. The van der Waals surface area contributed by atoms with Gasteiger partial charge in [0.1, 0.15) is 23.5 Å². The van der Waals surface area contributed by atoms with Crippen molar-refractivity contribution in [2.24, 2.45) is 5.92 Å². The van der Waals surface area contributed by atoms with E-state index in [2.05, 4.69) is 48.4 Å². The molecule has 4 aliphatic rings. The van der Waals surface area contributed by atoms with Crippen LogP contribution in [-0.2, 0) is 6.42 Å². The molecule has 8 aromatic heterocycles. The molecule has 0 bridgehead atoms. The summed E-state index contributed by atoms with van der Waals surface area (Å²) in [6.45, 7) is 4.38. The SMILES string of the molecule is CCC1c2nncn2-c2cnc(-n3ccnc3-n3ccccc3=O)nc2N1C1CCC(Cc2nnc3n2-c2cnc(-n4ccnc4-n4ccccc4=O)nc2N(C2CCCC2)C3CC)C1. The fourth-order valence-corrected chi connectivity index (χ4v) is 10.8. The van der Waals surface area contributed by atoms with E-state index in [4.69, 9.17) is 30.1 Å². The predicted molar refractivity (Wildman–Crippen MR) is 237 cm³/mol. The predicted octanol–water partition coefficient (Wildman–Crippen LogP) is 5.00. The van der Waals surface area contributed by atoms with Crippen molar-refractivity contribution < 1.29 is 0 Å². The molecule has 10 heterocycles. The summed E-state index contributed by atoms with van der Waals surface area (Å²) in [6, 6.07) is 10.4. The fraction of sp³-hybridized carbons (Fsp3) is 0.378. The van der Waals surface area contributed by atoms with E-state index in [0.717, 1.165) is 91.9 Å². The van der Waals surface area contributed by atoms with Crippen molar-refractivity contribution in [3.8, 4) is 35.2 Å². The normalized spacial score (nSPS) is 20.2. The largest absolute Gasteiger partial charge is 0.341 e. The summed E-state index contributed by atoms with van der Waals surface area (Å²) in [5.74, 6) is 6.29. The van der Waals surface area contributed by atoms with E-state index in [0.29, 0.717) is 35.8 Å². The average Bonchev–Trinajstić information content (AvgIpc) is 4.20. The molecular formula is C45H46N18O2. The Morgan fingerprint density at radius 3 is 1.86 bits per heavy atom. The molecule has 0 N–H and O–H groups in total. The highest BCUT2D eigenvalue weighted by molar-refractivity contribution is 5.64. The standard InChI is InChI=1S/C45H46N18O2/c1-3-31-40-54-50-27-60(40)33-25-48-42(58-21-17-46-44(58)56-19-9-7-13-36(56)64)51-38(33)62(31)30-16-15-28(23-30)24-35-53-55-41-32(4-2)61(29-11-5-6-12-29)39-34(63(35)41)26-49-43(52-39)59-22-18-47-45(59)57-20-10-8-14-37(57)65/h7-10,13-14,17-22,25-32H,3-6,11-12,15-16,23-24H2,1-2H3. The lowest BCUT2D eigenvalue weighted by Crippen LogP contribution is -2.42. The summed E-state index contributed by atoms with van der Waals surface area (Å²) in [5.41, 5.74) is 1.28. The Hall–Kier alpha value is -7.64. The zero-order valence-electron chi connectivity index (χ0n) is 36.0. The smallest absolute Gasteiger partial charge is 0.257 e. The third-order valence-corrected chi connectivity index (χ3v) is 13.7. The van der Waals surface area contributed by atoms with Crippen molar-refractivity contribution in [3.05, 3.63) is 130 Å². The van der Waals surface area contributed by atoms with E-state index in [1.807, 2.05) is 23.0 Å². The van der Waals surface area contributed by atoms with Crippen LogP contribution in [-0.4, -0.2) is 89.8 Å². The van der Waals surface area contributed by atoms with E-state index in [-0.39, 0.29) is 29.2 Å². The van der Waals surface area contributed by atoms with Crippen LogP contribution in [0.15, 0.2) is 102 Å². The van der Waals surface area contributed by atoms with Crippen LogP contribution in [0.2, 0.25) is 0 Å². The van der Waals surface area contributed by atoms with Gasteiger partial charge in [0.15, 0.2) is 23.3 Å². The second-order valence-corrected chi connectivity index (χ2v) is 17.3. The number of nitrogens with zero attached hydrogens (tertiary/aromatic N) is 18. The zero-order chi connectivity index (χ0) is 43.8. The minimum absolute atomic E-state index is 0.0251. The Balaban J connectivity index is 0.887. The van der Waals surface area contributed by atoms with Crippen molar-refractivity contribution in [2.45, 2.75) is 102 Å². The molecule has 4 unspecified atom stereocenters. The minimum Gasteiger partial charge on any atom is -0.341 e. The monoisotopic (exact) mass is 870 g/mol. The summed E-state index contributed by atoms with van der Waals surface area (Å²) in [5, 5.41) is 18.8. The highest BCUT2D eigenvalue weighted by atomic mass is 16.1. The van der Waals surface area contributed by atoms with Gasteiger partial charge in [0.25, 0.3) is 11.1 Å². The van der Waals surface area contributed by atoms with Crippen molar-refractivity contribution >= 4 is 11.6 Å². The number of aromatic nitrogens is 16. The van der Waals surface area contributed by atoms with E-state index in [1.54, 1.807) is 70.8 Å². The first kappa shape index (κ1) is 39.0. The molecule has 20 nitrogen and oxygen atoms in total. The zero-order valence-corrected chi connectivity index (χ0v) is 36.0. The number of pyridine rings is 2. The molecule has 65 heavy (non-hydrogen) atoms. The lowest BCUT2D eigenvalue weighted by atomic mass is 10.0. The van der Waals surface area contributed by atoms with Gasteiger partial charge in [0, 0.05) is 67.8 Å². The topological polar surface area (TPSA) is 199 Å². The van der Waals surface area contributed by atoms with Gasteiger partial charge in [-0.15, -0.1) is 20.4 Å². The molecule has 8 aromatic rings. The highest BCUT2D eigenvalue weighted by Crippen LogP contribution is 2.47. The van der Waals surface area contributed by atoms with Gasteiger partial charge >= 0.3 is 0 Å². The number of anilines is 2. The molecule has 2 fully saturated rings. The molecular weight excluding hydrogens is 825 g/mol. The Morgan fingerprint density at radius 1 is 0.600 bits per heavy atom. The Morgan fingerprint density at radius 2 is 1.22 bits per heavy atom. The molecule has 328 valence electrons. The van der Waals surface area contributed by atoms with Gasteiger partial charge in [0.2, 0.25) is 23.8 Å². The molecule has 20 heteroatoms. The molecule has 12 rings (SSSR count). The number of imidazole rings is 2. The molecule has 0 amide bonds. The summed E-state index contributed by atoms with van der Waals surface area (Å²) in [6.07, 6.45) is 25.4. The van der Waals surface area contributed by atoms with Crippen LogP contribution in [0, 0.1) is 5.92 Å². The maximum absolute atomic E-state index is 12.9. The molecule has 0 aromatic carbocycles. The second-order valence-electron chi connectivity index (χ2n) is 17.3. The van der Waals surface area contributed by atoms with Crippen LogP contribution >= 0.6 is 0 Å². The number of hydrogen-bond acceptors (Lipinski definition) is 14. The number of fused-ring (bicyclic) bond motifs is 6. The quantitative estimate of drug-likeness (QED) is 0.178. The Labute approximate surface area is 372 Å². The lowest BCUT2D eigenvalue weighted by Gasteiger charge is -2.41. The van der Waals surface area contributed by atoms with Crippen LogP contribution in [0.4, 0.5) is 11.6 Å². The Bertz CT molecular complexity index is 3190. The van der Waals surface area contributed by atoms with E-state index in [1.165, 1.54) is 34.1 Å². The van der Waals surface area contributed by atoms with Crippen molar-refractivity contribution in [1.82, 2.24) is 77.7 Å². The highest BCUT2D eigenvalue weighted by Gasteiger charge is 2.43. The van der Waals surface area contributed by atoms with E-state index >= 15 is 0 Å². The number of rotatable bonds is 10. The third kappa shape index (κ3) is 6.24. The van der Waals surface area contributed by atoms with Crippen LogP contribution in [0.3, 0.4) is 0 Å². The van der Waals surface area contributed by atoms with Gasteiger partial charge in [-0.2, -0.15) is 9.97 Å². The van der Waals surface area contributed by atoms with Crippen LogP contribution < -0.4 is 20.9 Å². The van der Waals surface area contributed by atoms with Crippen molar-refractivity contribution in [2.75, 3.05) is 9.80 Å². The van der Waals surface area contributed by atoms with E-state index in [9.17, 15) is 9.59 Å². The molecule has 2 saturated carbocycles. The average molecular weight is 871 g/mol. The van der Waals surface area contributed by atoms with Crippen LogP contribution in [0.5, 0.6) is 0 Å². The molecule has 4 atom stereocenters. The maximum atomic E-state index is 12.9. The van der Waals surface area contributed by atoms with Gasteiger partial charge in [-0.25, -0.2) is 19.9 Å². The van der Waals surface area contributed by atoms with Gasteiger partial charge in [-0.05, 0) is 63.0 Å².